The molecular formula is C24H22N2O5. The van der Waals surface area contributed by atoms with E-state index in [1.807, 2.05) is 0 Å². The van der Waals surface area contributed by atoms with Gasteiger partial charge in [-0.3, -0.25) is 19.5 Å². The number of hydrogen-bond acceptors (Lipinski definition) is 5. The Morgan fingerprint density at radius 2 is 1.90 bits per heavy atom. The van der Waals surface area contributed by atoms with Crippen molar-refractivity contribution in [1.29, 1.82) is 0 Å². The van der Waals surface area contributed by atoms with Gasteiger partial charge in [-0.15, -0.1) is 0 Å². The summed E-state index contributed by atoms with van der Waals surface area (Å²) in [5.41, 5.74) is 0.803. The van der Waals surface area contributed by atoms with Gasteiger partial charge in [0.2, 0.25) is 0 Å². The van der Waals surface area contributed by atoms with E-state index in [1.165, 1.54) is 23.2 Å². The van der Waals surface area contributed by atoms with Gasteiger partial charge >= 0.3 is 5.97 Å². The van der Waals surface area contributed by atoms with Crippen molar-refractivity contribution in [2.45, 2.75) is 19.3 Å². The Labute approximate surface area is 179 Å². The number of carboxylic acid groups (broad SMARTS) is 1. The number of nitrogens with zero attached hydrogens (tertiary/aromatic N) is 2. The van der Waals surface area contributed by atoms with Gasteiger partial charge in [0.15, 0.2) is 5.78 Å². The minimum absolute atomic E-state index is 0.0222. The number of aromatic nitrogens is 1. The zero-order valence-electron chi connectivity index (χ0n) is 17.0. The number of carboxylic acids is 1. The van der Waals surface area contributed by atoms with Gasteiger partial charge in [-0.1, -0.05) is 12.5 Å². The second-order valence-corrected chi connectivity index (χ2v) is 7.60. The Balaban J connectivity index is 1.82. The third kappa shape index (κ3) is 3.86. The van der Waals surface area contributed by atoms with Gasteiger partial charge in [-0.25, -0.2) is 4.79 Å². The smallest absolute Gasteiger partial charge is 0.335 e. The summed E-state index contributed by atoms with van der Waals surface area (Å²) in [6.07, 6.45) is 9.18. The van der Waals surface area contributed by atoms with Gasteiger partial charge in [0.05, 0.1) is 35.5 Å². The summed E-state index contributed by atoms with van der Waals surface area (Å²) in [6.45, 7) is 0. The second-order valence-electron chi connectivity index (χ2n) is 7.60. The van der Waals surface area contributed by atoms with Crippen molar-refractivity contribution in [1.82, 2.24) is 4.98 Å². The van der Waals surface area contributed by atoms with E-state index in [2.05, 4.69) is 4.98 Å². The number of aromatic carboxylic acids is 1. The van der Waals surface area contributed by atoms with Crippen LogP contribution in [-0.2, 0) is 9.53 Å². The van der Waals surface area contributed by atoms with Crippen molar-refractivity contribution in [3.8, 4) is 0 Å². The van der Waals surface area contributed by atoms with E-state index in [1.54, 1.807) is 49.7 Å². The first-order chi connectivity index (χ1) is 15.0. The molecule has 1 fully saturated rings. The second kappa shape index (κ2) is 8.55. The summed E-state index contributed by atoms with van der Waals surface area (Å²) >= 11 is 0. The molecule has 2 aromatic rings. The van der Waals surface area contributed by atoms with Crippen LogP contribution < -0.4 is 4.90 Å². The summed E-state index contributed by atoms with van der Waals surface area (Å²) < 4.78 is 5.47. The molecule has 31 heavy (non-hydrogen) atoms. The number of ether oxygens (including phenoxy) is 1. The van der Waals surface area contributed by atoms with E-state index in [9.17, 15) is 19.5 Å². The van der Waals surface area contributed by atoms with Crippen LogP contribution in [0.1, 0.15) is 40.0 Å². The molecule has 1 heterocycles. The zero-order chi connectivity index (χ0) is 22.0. The molecular weight excluding hydrogens is 396 g/mol. The molecule has 0 bridgehead atoms. The lowest BCUT2D eigenvalue weighted by molar-refractivity contribution is -0.122. The molecule has 1 unspecified atom stereocenters. The minimum atomic E-state index is -1.12. The fraction of sp³-hybridized carbons (Fsp3) is 0.250. The number of pyridine rings is 1. The fourth-order valence-corrected chi connectivity index (χ4v) is 4.00. The predicted molar refractivity (Wildman–Crippen MR) is 113 cm³/mol. The van der Waals surface area contributed by atoms with E-state index >= 15 is 0 Å². The largest absolute Gasteiger partial charge is 0.500 e. The first-order valence-electron chi connectivity index (χ1n) is 10.1. The van der Waals surface area contributed by atoms with Gasteiger partial charge in [0.25, 0.3) is 5.91 Å². The van der Waals surface area contributed by atoms with E-state index in [0.717, 1.165) is 19.3 Å². The first kappa shape index (κ1) is 20.5. The highest BCUT2D eigenvalue weighted by molar-refractivity contribution is 6.16. The lowest BCUT2D eigenvalue weighted by atomic mass is 9.71. The highest BCUT2D eigenvalue weighted by Gasteiger charge is 2.41. The Hall–Kier alpha value is -3.74. The molecule has 1 amide bonds. The highest BCUT2D eigenvalue weighted by atomic mass is 16.5. The van der Waals surface area contributed by atoms with Gasteiger partial charge in [0.1, 0.15) is 5.76 Å². The summed E-state index contributed by atoms with van der Waals surface area (Å²) in [5.74, 6) is -1.48. The van der Waals surface area contributed by atoms with Crippen LogP contribution in [0, 0.1) is 11.8 Å². The number of hydrogen-bond donors (Lipinski definition) is 1. The van der Waals surface area contributed by atoms with Crippen molar-refractivity contribution < 1.29 is 24.2 Å². The lowest BCUT2D eigenvalue weighted by Gasteiger charge is -2.37. The van der Waals surface area contributed by atoms with Gasteiger partial charge in [-0.05, 0) is 61.2 Å². The zero-order valence-corrected chi connectivity index (χ0v) is 17.0. The number of allylic oxidation sites excluding steroid dienone is 4. The van der Waals surface area contributed by atoms with Gasteiger partial charge < -0.3 is 9.84 Å². The first-order valence-corrected chi connectivity index (χ1v) is 10.1. The molecule has 2 aliphatic rings. The van der Waals surface area contributed by atoms with Crippen LogP contribution in [-0.4, -0.2) is 34.9 Å². The molecule has 1 aromatic carbocycles. The SMILES string of the molecule is COC1=CC=C(N(C(=O)c2cccnc2)c2cccc(C(=O)O)c2)C(=O)C1C1CCC1. The number of carbonyl (C=O) groups is 3. The third-order valence-corrected chi connectivity index (χ3v) is 5.81. The number of benzene rings is 1. The predicted octanol–water partition coefficient (Wildman–Crippen LogP) is 3.84. The average molecular weight is 418 g/mol. The Morgan fingerprint density at radius 1 is 1.13 bits per heavy atom. The van der Waals surface area contributed by atoms with Crippen LogP contribution in [0.4, 0.5) is 5.69 Å². The number of rotatable bonds is 6. The molecule has 2 aliphatic carbocycles. The van der Waals surface area contributed by atoms with Gasteiger partial charge in [-0.2, -0.15) is 0 Å². The maximum Gasteiger partial charge on any atom is 0.335 e. The molecule has 0 spiro atoms. The average Bonchev–Trinajstić information content (AvgIpc) is 2.76. The monoisotopic (exact) mass is 418 g/mol. The fourth-order valence-electron chi connectivity index (χ4n) is 4.00. The van der Waals surface area contributed by atoms with Crippen LogP contribution in [0.3, 0.4) is 0 Å². The number of anilines is 1. The van der Waals surface area contributed by atoms with E-state index in [-0.39, 0.29) is 23.0 Å². The van der Waals surface area contributed by atoms with E-state index in [4.69, 9.17) is 4.74 Å². The highest BCUT2D eigenvalue weighted by Crippen LogP contribution is 2.41. The molecule has 158 valence electrons. The number of Topliss-reactive ketones (excluding diaryl/α,β-unsaturated/α-hetero) is 1. The standard InChI is InChI=1S/C24H22N2O5/c1-31-20-11-10-19(22(27)21(20)15-5-2-6-15)26(23(28)17-8-4-12-25-14-17)18-9-3-7-16(13-18)24(29)30/h3-4,7-15,21H,2,5-6H2,1H3,(H,29,30). The van der Waals surface area contributed by atoms with E-state index < -0.39 is 17.8 Å². The molecule has 0 aliphatic heterocycles. The van der Waals surface area contributed by atoms with Crippen LogP contribution in [0.25, 0.3) is 0 Å². The summed E-state index contributed by atoms with van der Waals surface area (Å²) in [7, 11) is 1.54. The summed E-state index contributed by atoms with van der Waals surface area (Å²) in [6, 6.07) is 9.24. The third-order valence-electron chi connectivity index (χ3n) is 5.81. The lowest BCUT2D eigenvalue weighted by Crippen LogP contribution is -2.41. The normalized spacial score (nSPS) is 18.5. The molecule has 7 nitrogen and oxygen atoms in total. The molecule has 1 N–H and O–H groups in total. The van der Waals surface area contributed by atoms with E-state index in [0.29, 0.717) is 17.0 Å². The van der Waals surface area contributed by atoms with Gasteiger partial charge in [0, 0.05) is 12.4 Å². The summed E-state index contributed by atoms with van der Waals surface area (Å²) in [4.78, 5) is 43.8. The van der Waals surface area contributed by atoms with Crippen LogP contribution >= 0.6 is 0 Å². The number of methoxy groups -OCH3 is 1. The Morgan fingerprint density at radius 3 is 2.52 bits per heavy atom. The maximum atomic E-state index is 13.6. The number of ketones is 1. The molecule has 0 saturated heterocycles. The molecule has 1 atom stereocenters. The van der Waals surface area contributed by atoms with Crippen molar-refractivity contribution in [3.05, 3.63) is 83.5 Å². The van der Waals surface area contributed by atoms with Crippen molar-refractivity contribution >= 4 is 23.3 Å². The number of carbonyl (C=O) groups excluding carboxylic acids is 2. The molecule has 1 saturated carbocycles. The van der Waals surface area contributed by atoms with Crippen LogP contribution in [0.2, 0.25) is 0 Å². The Bertz CT molecular complexity index is 1090. The molecule has 1 aromatic heterocycles. The molecule has 0 radical (unpaired) electrons. The quantitative estimate of drug-likeness (QED) is 0.766. The maximum absolute atomic E-state index is 13.6. The van der Waals surface area contributed by atoms with Crippen molar-refractivity contribution in [3.63, 3.8) is 0 Å². The molecule has 4 rings (SSSR count). The molecule has 7 heteroatoms. The number of amides is 1. The van der Waals surface area contributed by atoms with Crippen molar-refractivity contribution in [2.24, 2.45) is 11.8 Å². The van der Waals surface area contributed by atoms with Crippen LogP contribution in [0.5, 0.6) is 0 Å². The topological polar surface area (TPSA) is 96.8 Å². The minimum Gasteiger partial charge on any atom is -0.500 e. The Kier molecular flexibility index (Phi) is 5.66. The van der Waals surface area contributed by atoms with Crippen molar-refractivity contribution in [2.75, 3.05) is 12.0 Å². The van der Waals surface area contributed by atoms with Crippen LogP contribution in [0.15, 0.2) is 72.4 Å². The summed E-state index contributed by atoms with van der Waals surface area (Å²) in [5, 5.41) is 9.41.